The zero-order chi connectivity index (χ0) is 17.6. The average Bonchev–Trinajstić information content (AvgIpc) is 2.84. The van der Waals surface area contributed by atoms with E-state index < -0.39 is 0 Å². The zero-order valence-electron chi connectivity index (χ0n) is 16.2. The Morgan fingerprint density at radius 3 is 2.40 bits per heavy atom. The van der Waals surface area contributed by atoms with Crippen LogP contribution in [0.15, 0.2) is 12.4 Å². The highest BCUT2D eigenvalue weighted by atomic mass is 15.3. The van der Waals surface area contributed by atoms with E-state index in [4.69, 9.17) is 0 Å². The molecule has 1 N–H and O–H groups in total. The third-order valence-electron chi connectivity index (χ3n) is 5.63. The third kappa shape index (κ3) is 5.14. The monoisotopic (exact) mass is 345 g/mol. The maximum Gasteiger partial charge on any atom is 0.225 e. The summed E-state index contributed by atoms with van der Waals surface area (Å²) in [6.45, 7) is 9.11. The van der Waals surface area contributed by atoms with Crippen LogP contribution in [0.25, 0.3) is 0 Å². The van der Waals surface area contributed by atoms with Gasteiger partial charge in [0.2, 0.25) is 5.95 Å². The minimum Gasteiger partial charge on any atom is -0.332 e. The van der Waals surface area contributed by atoms with E-state index in [1.165, 1.54) is 44.2 Å². The van der Waals surface area contributed by atoms with E-state index in [2.05, 4.69) is 46.0 Å². The van der Waals surface area contributed by atoms with E-state index in [1.54, 1.807) is 0 Å². The molecule has 2 saturated heterocycles. The Morgan fingerprint density at radius 1 is 1.12 bits per heavy atom. The minimum atomic E-state index is 0.587. The van der Waals surface area contributed by atoms with Crippen LogP contribution in [0.2, 0.25) is 0 Å². The van der Waals surface area contributed by atoms with Crippen molar-refractivity contribution >= 4 is 5.95 Å². The van der Waals surface area contributed by atoms with E-state index >= 15 is 0 Å². The predicted molar refractivity (Wildman–Crippen MR) is 104 cm³/mol. The number of aryl methyl sites for hydroxylation is 1. The van der Waals surface area contributed by atoms with Crippen LogP contribution >= 0.6 is 0 Å². The third-order valence-corrected chi connectivity index (χ3v) is 5.63. The van der Waals surface area contributed by atoms with Gasteiger partial charge in [-0.2, -0.15) is 0 Å². The summed E-state index contributed by atoms with van der Waals surface area (Å²) in [5.41, 5.74) is 1.27. The Bertz CT molecular complexity index is 499. The van der Waals surface area contributed by atoms with Crippen LogP contribution in [0.4, 0.5) is 5.95 Å². The second kappa shape index (κ2) is 8.95. The first-order valence-electron chi connectivity index (χ1n) is 10.1. The van der Waals surface area contributed by atoms with Gasteiger partial charge in [-0.25, -0.2) is 9.97 Å². The Kier molecular flexibility index (Phi) is 6.65. The molecule has 0 amide bonds. The van der Waals surface area contributed by atoms with Crippen LogP contribution in [0.1, 0.15) is 51.5 Å². The van der Waals surface area contributed by atoms with Gasteiger partial charge in [-0.1, -0.05) is 13.8 Å². The summed E-state index contributed by atoms with van der Waals surface area (Å²) < 4.78 is 0. The summed E-state index contributed by atoms with van der Waals surface area (Å²) in [5, 5.41) is 3.52. The highest BCUT2D eigenvalue weighted by Gasteiger charge is 2.37. The van der Waals surface area contributed by atoms with Gasteiger partial charge in [0.1, 0.15) is 0 Å². The first-order chi connectivity index (χ1) is 12.1. The predicted octanol–water partition coefficient (Wildman–Crippen LogP) is 2.72. The smallest absolute Gasteiger partial charge is 0.225 e. The standard InChI is InChI=1S/C20H35N5/c1-16(2)6-4-10-24(3)11-5-7-17-12-22-20(23-13-17)25-18-8-9-19(25)15-21-14-18/h12-13,16,18-19,21H,4-11,14-15H2,1-3H3. The molecular weight excluding hydrogens is 310 g/mol. The lowest BCUT2D eigenvalue weighted by atomic mass is 10.1. The second-order valence-corrected chi connectivity index (χ2v) is 8.28. The van der Waals surface area contributed by atoms with Crippen LogP contribution in [0.5, 0.6) is 0 Å². The van der Waals surface area contributed by atoms with Crippen LogP contribution in [-0.4, -0.2) is 60.2 Å². The van der Waals surface area contributed by atoms with Gasteiger partial charge in [0.15, 0.2) is 0 Å². The summed E-state index contributed by atoms with van der Waals surface area (Å²) in [6, 6.07) is 1.17. The van der Waals surface area contributed by atoms with Crippen molar-refractivity contribution in [1.82, 2.24) is 20.2 Å². The number of anilines is 1. The van der Waals surface area contributed by atoms with Gasteiger partial charge in [-0.15, -0.1) is 0 Å². The molecule has 1 aromatic rings. The zero-order valence-corrected chi connectivity index (χ0v) is 16.2. The van der Waals surface area contributed by atoms with Crippen molar-refractivity contribution in [3.05, 3.63) is 18.0 Å². The molecular formula is C20H35N5. The first-order valence-corrected chi connectivity index (χ1v) is 10.1. The first kappa shape index (κ1) is 18.6. The summed E-state index contributed by atoms with van der Waals surface area (Å²) in [7, 11) is 2.24. The number of hydrogen-bond donors (Lipinski definition) is 1. The number of fused-ring (bicyclic) bond motifs is 2. The van der Waals surface area contributed by atoms with Crippen LogP contribution < -0.4 is 10.2 Å². The molecule has 1 aromatic heterocycles. The van der Waals surface area contributed by atoms with Crippen molar-refractivity contribution in [2.45, 2.75) is 64.5 Å². The van der Waals surface area contributed by atoms with Gasteiger partial charge in [-0.3, -0.25) is 0 Å². The Balaban J connectivity index is 1.41. The normalized spacial score (nSPS) is 23.0. The van der Waals surface area contributed by atoms with Crippen molar-refractivity contribution in [3.8, 4) is 0 Å². The van der Waals surface area contributed by atoms with E-state index in [1.807, 2.05) is 12.4 Å². The maximum atomic E-state index is 4.68. The van der Waals surface area contributed by atoms with E-state index in [9.17, 15) is 0 Å². The number of nitrogens with one attached hydrogen (secondary N) is 1. The highest BCUT2D eigenvalue weighted by molar-refractivity contribution is 5.37. The molecule has 3 rings (SSSR count). The van der Waals surface area contributed by atoms with Crippen molar-refractivity contribution in [2.24, 2.45) is 5.92 Å². The summed E-state index contributed by atoms with van der Waals surface area (Å²) in [4.78, 5) is 14.3. The maximum absolute atomic E-state index is 4.68. The molecule has 5 heteroatoms. The lowest BCUT2D eigenvalue weighted by Crippen LogP contribution is -2.52. The molecule has 2 aliphatic rings. The molecule has 2 atom stereocenters. The SMILES string of the molecule is CC(C)CCCN(C)CCCc1cnc(N2C3CCC2CNC3)nc1. The lowest BCUT2D eigenvalue weighted by molar-refractivity contribution is 0.313. The number of hydrogen-bond acceptors (Lipinski definition) is 5. The van der Waals surface area contributed by atoms with Gasteiger partial charge >= 0.3 is 0 Å². The molecule has 0 radical (unpaired) electrons. The van der Waals surface area contributed by atoms with Crippen molar-refractivity contribution in [3.63, 3.8) is 0 Å². The molecule has 140 valence electrons. The number of piperazine rings is 1. The molecule has 5 nitrogen and oxygen atoms in total. The lowest BCUT2D eigenvalue weighted by Gasteiger charge is -2.35. The molecule has 3 heterocycles. The van der Waals surface area contributed by atoms with Crippen LogP contribution in [-0.2, 0) is 6.42 Å². The largest absolute Gasteiger partial charge is 0.332 e. The van der Waals surface area contributed by atoms with Crippen LogP contribution in [0.3, 0.4) is 0 Å². The molecule has 0 saturated carbocycles. The molecule has 0 aromatic carbocycles. The van der Waals surface area contributed by atoms with Crippen molar-refractivity contribution in [2.75, 3.05) is 38.1 Å². The molecule has 0 spiro atoms. The number of rotatable bonds is 9. The Morgan fingerprint density at radius 2 is 1.76 bits per heavy atom. The summed E-state index contributed by atoms with van der Waals surface area (Å²) in [6.07, 6.45) is 11.5. The summed E-state index contributed by atoms with van der Waals surface area (Å²) in [5.74, 6) is 1.75. The van der Waals surface area contributed by atoms with Gasteiger partial charge < -0.3 is 15.1 Å². The molecule has 2 unspecified atom stereocenters. The fraction of sp³-hybridized carbons (Fsp3) is 0.800. The summed E-state index contributed by atoms with van der Waals surface area (Å²) >= 11 is 0. The molecule has 0 aliphatic carbocycles. The fourth-order valence-corrected chi connectivity index (χ4v) is 4.15. The van der Waals surface area contributed by atoms with E-state index in [-0.39, 0.29) is 0 Å². The van der Waals surface area contributed by atoms with Gasteiger partial charge in [-0.05, 0) is 70.1 Å². The van der Waals surface area contributed by atoms with Gasteiger partial charge in [0, 0.05) is 37.6 Å². The Labute approximate surface area is 153 Å². The van der Waals surface area contributed by atoms with E-state index in [0.29, 0.717) is 12.1 Å². The van der Waals surface area contributed by atoms with Gasteiger partial charge in [0.05, 0.1) is 0 Å². The molecule has 2 aliphatic heterocycles. The average molecular weight is 346 g/mol. The van der Waals surface area contributed by atoms with E-state index in [0.717, 1.165) is 37.9 Å². The number of nitrogens with zero attached hydrogens (tertiary/aromatic N) is 4. The second-order valence-electron chi connectivity index (χ2n) is 8.28. The van der Waals surface area contributed by atoms with Gasteiger partial charge in [0.25, 0.3) is 0 Å². The minimum absolute atomic E-state index is 0.587. The fourth-order valence-electron chi connectivity index (χ4n) is 4.15. The highest BCUT2D eigenvalue weighted by Crippen LogP contribution is 2.29. The van der Waals surface area contributed by atoms with Crippen molar-refractivity contribution in [1.29, 1.82) is 0 Å². The topological polar surface area (TPSA) is 44.3 Å². The number of aromatic nitrogens is 2. The molecule has 2 fully saturated rings. The van der Waals surface area contributed by atoms with Crippen LogP contribution in [0, 0.1) is 5.92 Å². The molecule has 2 bridgehead atoms. The Hall–Kier alpha value is -1.20. The van der Waals surface area contributed by atoms with Crippen molar-refractivity contribution < 1.29 is 0 Å². The molecule has 25 heavy (non-hydrogen) atoms. The quantitative estimate of drug-likeness (QED) is 0.745.